The molecule has 0 aliphatic heterocycles. The van der Waals surface area contributed by atoms with Crippen molar-refractivity contribution in [1.82, 2.24) is 0 Å². The van der Waals surface area contributed by atoms with Gasteiger partial charge in [0, 0.05) is 18.6 Å². The third-order valence-corrected chi connectivity index (χ3v) is 7.11. The van der Waals surface area contributed by atoms with Crippen LogP contribution in [0.15, 0.2) is 91.0 Å². The summed E-state index contributed by atoms with van der Waals surface area (Å²) in [7, 11) is 1.36. The third kappa shape index (κ3) is 23.4. The van der Waals surface area contributed by atoms with Gasteiger partial charge in [0.05, 0.1) is 25.5 Å². The fraction of sp³-hybridized carbons (Fsp3) is 0.146. The van der Waals surface area contributed by atoms with Crippen LogP contribution in [0.3, 0.4) is 0 Å². The van der Waals surface area contributed by atoms with Crippen LogP contribution in [0.4, 0.5) is 0 Å². The molecule has 14 N–H and O–H groups in total. The van der Waals surface area contributed by atoms with Crippen LogP contribution in [0.1, 0.15) is 46.3 Å². The monoisotopic (exact) mass is 886 g/mol. The first-order valence-corrected chi connectivity index (χ1v) is 17.1. The number of carbonyl (C=O) groups is 7. The molecule has 0 fully saturated rings. The van der Waals surface area contributed by atoms with Crippen LogP contribution in [-0.2, 0) is 35.2 Å². The van der Waals surface area contributed by atoms with Crippen LogP contribution in [0.2, 0.25) is 0 Å². The van der Waals surface area contributed by atoms with E-state index in [0.29, 0.717) is 17.5 Å². The maximum Gasteiger partial charge on any atom is 0.336 e. The largest absolute Gasteiger partial charge is 0.508 e. The molecule has 0 atom stereocenters. The zero-order valence-corrected chi connectivity index (χ0v) is 32.7. The minimum atomic E-state index is -2.74. The number of aryl methyl sites for hydroxylation is 1. The Morgan fingerprint density at radius 1 is 0.540 bits per heavy atom. The SMILES string of the molecule is COc1cc(C(=O)O)ccc1O.O=C(O)/C=C/c1ccc(O)c(O)c1.O=C(O)/C=C/c1ccc(O)cc1.O=C(O)CC(O)(CC(=O)O)C(=O)O.O=C(O)CCc1ccc(O)c(O)c1. The first kappa shape index (κ1) is 54.2. The summed E-state index contributed by atoms with van der Waals surface area (Å²) in [5, 5.41) is 121. The summed E-state index contributed by atoms with van der Waals surface area (Å²) in [6.07, 6.45) is 2.86. The topological polar surface area (TPSA) is 412 Å². The van der Waals surface area contributed by atoms with E-state index in [2.05, 4.69) is 0 Å². The van der Waals surface area contributed by atoms with E-state index < -0.39 is 60.2 Å². The normalized spacial score (nSPS) is 10.2. The molecule has 0 saturated carbocycles. The number of hydrogen-bond acceptors (Lipinski definition) is 15. The number of aliphatic carboxylic acids is 6. The Morgan fingerprint density at radius 2 is 1.00 bits per heavy atom. The molecule has 0 radical (unpaired) electrons. The molecule has 0 spiro atoms. The number of aromatic hydroxyl groups is 6. The Labute approximate surface area is 355 Å². The average molecular weight is 887 g/mol. The van der Waals surface area contributed by atoms with Crippen LogP contribution in [0, 0.1) is 0 Å². The second-order valence-corrected chi connectivity index (χ2v) is 12.1. The van der Waals surface area contributed by atoms with Gasteiger partial charge in [-0.3, -0.25) is 14.4 Å². The number of methoxy groups -OCH3 is 1. The van der Waals surface area contributed by atoms with E-state index >= 15 is 0 Å². The van der Waals surface area contributed by atoms with Crippen LogP contribution in [0.5, 0.6) is 40.2 Å². The lowest BCUT2D eigenvalue weighted by molar-refractivity contribution is -0.170. The Kier molecular flexibility index (Phi) is 23.3. The van der Waals surface area contributed by atoms with E-state index in [4.69, 9.17) is 76.2 Å². The van der Waals surface area contributed by atoms with Gasteiger partial charge in [0.1, 0.15) is 5.75 Å². The highest BCUT2D eigenvalue weighted by Crippen LogP contribution is 2.27. The predicted octanol–water partition coefficient (Wildman–Crippen LogP) is 3.65. The first-order valence-electron chi connectivity index (χ1n) is 17.1. The first-order chi connectivity index (χ1) is 29.3. The van der Waals surface area contributed by atoms with Gasteiger partial charge < -0.3 is 76.2 Å². The number of hydrogen-bond donors (Lipinski definition) is 14. The number of rotatable bonds is 14. The molecular formula is C41H42O22. The number of carboxylic acids is 7. The van der Waals surface area contributed by atoms with E-state index in [1.54, 1.807) is 18.2 Å². The van der Waals surface area contributed by atoms with Gasteiger partial charge in [-0.15, -0.1) is 0 Å². The van der Waals surface area contributed by atoms with Crippen molar-refractivity contribution in [1.29, 1.82) is 0 Å². The zero-order chi connectivity index (χ0) is 48.4. The number of aliphatic hydroxyl groups is 1. The summed E-state index contributed by atoms with van der Waals surface area (Å²) in [4.78, 5) is 71.4. The summed E-state index contributed by atoms with van der Waals surface area (Å²) in [5.74, 6) is -9.65. The quantitative estimate of drug-likeness (QED) is 0.0634. The maximum atomic E-state index is 10.4. The van der Waals surface area contributed by atoms with Gasteiger partial charge in [0.15, 0.2) is 40.1 Å². The highest BCUT2D eigenvalue weighted by atomic mass is 16.5. The fourth-order valence-electron chi connectivity index (χ4n) is 4.07. The molecule has 22 nitrogen and oxygen atoms in total. The van der Waals surface area contributed by atoms with Crippen molar-refractivity contribution >= 4 is 53.9 Å². The number of ether oxygens (including phenoxy) is 1. The highest BCUT2D eigenvalue weighted by molar-refractivity contribution is 5.89. The zero-order valence-electron chi connectivity index (χ0n) is 32.7. The van der Waals surface area contributed by atoms with Crippen molar-refractivity contribution in [3.63, 3.8) is 0 Å². The average Bonchev–Trinajstić information content (AvgIpc) is 3.19. The number of phenols is 6. The number of phenolic OH excluding ortho intramolecular Hbond substituents is 6. The Morgan fingerprint density at radius 3 is 1.41 bits per heavy atom. The number of aromatic carboxylic acids is 1. The smallest absolute Gasteiger partial charge is 0.336 e. The van der Waals surface area contributed by atoms with Crippen molar-refractivity contribution < 1.29 is 110 Å². The molecule has 0 aromatic heterocycles. The van der Waals surface area contributed by atoms with Gasteiger partial charge in [0.2, 0.25) is 0 Å². The fourth-order valence-corrected chi connectivity index (χ4v) is 4.07. The molecule has 4 aromatic carbocycles. The molecule has 338 valence electrons. The molecule has 0 bridgehead atoms. The molecule has 63 heavy (non-hydrogen) atoms. The molecule has 0 amide bonds. The Balaban J connectivity index is 0.000000763. The summed E-state index contributed by atoms with van der Waals surface area (Å²) in [6.45, 7) is 0. The molecule has 0 unspecified atom stereocenters. The Bertz CT molecular complexity index is 2240. The lowest BCUT2D eigenvalue weighted by Crippen LogP contribution is -2.42. The van der Waals surface area contributed by atoms with Gasteiger partial charge in [0.25, 0.3) is 0 Å². The van der Waals surface area contributed by atoms with Crippen molar-refractivity contribution in [2.24, 2.45) is 0 Å². The van der Waals surface area contributed by atoms with Gasteiger partial charge in [-0.05, 0) is 89.9 Å². The minimum Gasteiger partial charge on any atom is -0.508 e. The molecule has 0 aliphatic rings. The van der Waals surface area contributed by atoms with Crippen molar-refractivity contribution in [2.75, 3.05) is 7.11 Å². The standard InChI is InChI=1S/C9H10O4.C9H8O4.C9H8O3.C8H8O4.C6H8O7/c2*10-7-3-1-6(5-8(7)11)2-4-9(12)13;10-8-4-1-7(2-5-8)3-6-9(11)12;1-12-7-4-5(8(10)11)2-3-6(7)9;7-3(8)1-6(13,5(11)12)2-4(9)10/h1,3,5,10-11H,2,4H2,(H,12,13);1-5,10-11H,(H,12,13);1-6,10H,(H,11,12);2-4,9H,1H3,(H,10,11);13H,1-2H2,(H,7,8)(H,9,10)(H,11,12)/b;4-2+;6-3+;;. The lowest BCUT2D eigenvalue weighted by Gasteiger charge is -2.18. The molecule has 0 saturated heterocycles. The molecule has 0 aliphatic carbocycles. The van der Waals surface area contributed by atoms with E-state index in [-0.39, 0.29) is 52.2 Å². The van der Waals surface area contributed by atoms with Gasteiger partial charge in [-0.25, -0.2) is 19.2 Å². The van der Waals surface area contributed by atoms with Crippen molar-refractivity contribution in [2.45, 2.75) is 31.3 Å². The van der Waals surface area contributed by atoms with E-state index in [1.807, 2.05) is 0 Å². The van der Waals surface area contributed by atoms with Crippen LogP contribution < -0.4 is 4.74 Å². The van der Waals surface area contributed by atoms with Crippen molar-refractivity contribution in [3.05, 3.63) is 113 Å². The number of benzene rings is 4. The minimum absolute atomic E-state index is 0.0181. The maximum absolute atomic E-state index is 10.4. The second-order valence-electron chi connectivity index (χ2n) is 12.1. The van der Waals surface area contributed by atoms with Gasteiger partial charge in [-0.1, -0.05) is 24.3 Å². The summed E-state index contributed by atoms with van der Waals surface area (Å²) in [6, 6.07) is 18.5. The number of carboxylic acid groups (broad SMARTS) is 7. The summed E-state index contributed by atoms with van der Waals surface area (Å²) >= 11 is 0. The van der Waals surface area contributed by atoms with E-state index in [9.17, 15) is 33.6 Å². The van der Waals surface area contributed by atoms with Crippen LogP contribution in [0.25, 0.3) is 12.2 Å². The summed E-state index contributed by atoms with van der Waals surface area (Å²) in [5.41, 5.74) is -0.701. The molecule has 22 heteroatoms. The van der Waals surface area contributed by atoms with E-state index in [0.717, 1.165) is 17.7 Å². The predicted molar refractivity (Wildman–Crippen MR) is 216 cm³/mol. The van der Waals surface area contributed by atoms with Crippen molar-refractivity contribution in [3.8, 4) is 40.2 Å². The van der Waals surface area contributed by atoms with Gasteiger partial charge >= 0.3 is 41.8 Å². The molecular weight excluding hydrogens is 844 g/mol. The third-order valence-electron chi connectivity index (χ3n) is 7.11. The second kappa shape index (κ2) is 27.1. The van der Waals surface area contributed by atoms with Crippen LogP contribution in [-0.4, -0.2) is 126 Å². The Hall–Kier alpha value is -8.79. The van der Waals surface area contributed by atoms with Crippen LogP contribution >= 0.6 is 0 Å². The highest BCUT2D eigenvalue weighted by Gasteiger charge is 2.40. The van der Waals surface area contributed by atoms with E-state index in [1.165, 1.54) is 79.9 Å². The lowest BCUT2D eigenvalue weighted by atomic mass is 9.96. The summed E-state index contributed by atoms with van der Waals surface area (Å²) < 4.78 is 4.72. The van der Waals surface area contributed by atoms with Gasteiger partial charge in [-0.2, -0.15) is 0 Å². The molecule has 4 aromatic rings. The molecule has 4 rings (SSSR count). The molecule has 0 heterocycles.